The largest absolute Gasteiger partial charge is 0.306 e. The lowest BCUT2D eigenvalue weighted by Gasteiger charge is -2.07. The van der Waals surface area contributed by atoms with E-state index in [4.69, 9.17) is 0 Å². The van der Waals surface area contributed by atoms with Gasteiger partial charge < -0.3 is 4.98 Å². The maximum Gasteiger partial charge on any atom is 0.254 e. The van der Waals surface area contributed by atoms with Gasteiger partial charge in [-0.2, -0.15) is 0 Å². The highest BCUT2D eigenvalue weighted by Gasteiger charge is 2.10. The van der Waals surface area contributed by atoms with Crippen molar-refractivity contribution >= 4 is 0 Å². The molecule has 0 radical (unpaired) electrons. The first-order valence-corrected chi connectivity index (χ1v) is 6.32. The second-order valence-corrected chi connectivity index (χ2v) is 4.49. The van der Waals surface area contributed by atoms with Gasteiger partial charge in [-0.3, -0.25) is 9.78 Å². The molecule has 3 rings (SSSR count). The van der Waals surface area contributed by atoms with Crippen LogP contribution in [0.15, 0.2) is 59.7 Å². The van der Waals surface area contributed by atoms with Crippen LogP contribution in [0.3, 0.4) is 0 Å². The normalized spacial score (nSPS) is 10.4. The number of nitrogens with one attached hydrogen (secondary N) is 1. The van der Waals surface area contributed by atoms with Gasteiger partial charge >= 0.3 is 0 Å². The van der Waals surface area contributed by atoms with Crippen molar-refractivity contribution in [3.05, 3.63) is 70.8 Å². The van der Waals surface area contributed by atoms with Crippen LogP contribution >= 0.6 is 0 Å². The molecule has 0 saturated carbocycles. The first-order chi connectivity index (χ1) is 9.75. The maximum atomic E-state index is 12.1. The molecule has 0 unspecified atom stereocenters. The number of nitrogens with zero attached hydrogens (tertiary/aromatic N) is 2. The molecule has 1 aromatic carbocycles. The second kappa shape index (κ2) is 5.09. The molecule has 1 N–H and O–H groups in total. The number of H-pyrrole nitrogens is 1. The predicted molar refractivity (Wildman–Crippen MR) is 78.3 cm³/mol. The lowest BCUT2D eigenvalue weighted by Crippen LogP contribution is -2.14. The van der Waals surface area contributed by atoms with Gasteiger partial charge in [0, 0.05) is 29.1 Å². The highest BCUT2D eigenvalue weighted by molar-refractivity contribution is 5.65. The summed E-state index contributed by atoms with van der Waals surface area (Å²) in [5.74, 6) is 0.557. The molecule has 2 heterocycles. The summed E-state index contributed by atoms with van der Waals surface area (Å²) in [7, 11) is 0. The Morgan fingerprint density at radius 1 is 0.950 bits per heavy atom. The first kappa shape index (κ1) is 12.3. The average Bonchev–Trinajstić information content (AvgIpc) is 2.51. The van der Waals surface area contributed by atoms with E-state index in [9.17, 15) is 4.79 Å². The van der Waals surface area contributed by atoms with Crippen LogP contribution in [-0.4, -0.2) is 15.0 Å². The number of aromatic nitrogens is 3. The zero-order chi connectivity index (χ0) is 13.9. The highest BCUT2D eigenvalue weighted by Crippen LogP contribution is 2.21. The van der Waals surface area contributed by atoms with Crippen LogP contribution in [0.25, 0.3) is 22.6 Å². The second-order valence-electron chi connectivity index (χ2n) is 4.49. The van der Waals surface area contributed by atoms with E-state index in [1.54, 1.807) is 19.3 Å². The number of hydrogen-bond donors (Lipinski definition) is 1. The van der Waals surface area contributed by atoms with Crippen molar-refractivity contribution in [1.82, 2.24) is 15.0 Å². The number of hydrogen-bond acceptors (Lipinski definition) is 3. The quantitative estimate of drug-likeness (QED) is 0.773. The Kier molecular flexibility index (Phi) is 3.13. The number of aromatic amines is 1. The lowest BCUT2D eigenvalue weighted by molar-refractivity contribution is 1.09. The third-order valence-electron chi connectivity index (χ3n) is 3.15. The van der Waals surface area contributed by atoms with Gasteiger partial charge in [-0.15, -0.1) is 0 Å². The van der Waals surface area contributed by atoms with Gasteiger partial charge in [0.25, 0.3) is 5.56 Å². The van der Waals surface area contributed by atoms with Gasteiger partial charge in [-0.1, -0.05) is 30.3 Å². The molecule has 3 aromatic rings. The minimum absolute atomic E-state index is 0.120. The molecule has 0 aliphatic carbocycles. The van der Waals surface area contributed by atoms with Crippen molar-refractivity contribution in [1.29, 1.82) is 0 Å². The molecule has 4 heteroatoms. The molecule has 0 fully saturated rings. The van der Waals surface area contributed by atoms with Crippen LogP contribution in [0.2, 0.25) is 0 Å². The fraction of sp³-hybridized carbons (Fsp3) is 0.0625. The fourth-order valence-electron chi connectivity index (χ4n) is 2.06. The van der Waals surface area contributed by atoms with Crippen LogP contribution in [0, 0.1) is 6.92 Å². The SMILES string of the molecule is Cc1c(-c2ccccc2)nc(-c2ccncc2)[nH]c1=O. The van der Waals surface area contributed by atoms with Crippen LogP contribution < -0.4 is 5.56 Å². The van der Waals surface area contributed by atoms with E-state index < -0.39 is 0 Å². The Labute approximate surface area is 116 Å². The minimum Gasteiger partial charge on any atom is -0.306 e. The maximum absolute atomic E-state index is 12.1. The highest BCUT2D eigenvalue weighted by atomic mass is 16.1. The van der Waals surface area contributed by atoms with Crippen LogP contribution in [-0.2, 0) is 0 Å². The van der Waals surface area contributed by atoms with E-state index in [0.29, 0.717) is 17.1 Å². The zero-order valence-corrected chi connectivity index (χ0v) is 11.0. The predicted octanol–water partition coefficient (Wildman–Crippen LogP) is 2.81. The standard InChI is InChI=1S/C16H13N3O/c1-11-14(12-5-3-2-4-6-12)18-15(19-16(11)20)13-7-9-17-10-8-13/h2-10H,1H3,(H,18,19,20). The molecule has 20 heavy (non-hydrogen) atoms. The fourth-order valence-corrected chi connectivity index (χ4v) is 2.06. The Morgan fingerprint density at radius 3 is 2.35 bits per heavy atom. The minimum atomic E-state index is -0.120. The van der Waals surface area contributed by atoms with Crippen molar-refractivity contribution < 1.29 is 0 Å². The molecule has 0 atom stereocenters. The van der Waals surface area contributed by atoms with Gasteiger partial charge in [-0.05, 0) is 19.1 Å². The van der Waals surface area contributed by atoms with Crippen LogP contribution in [0.4, 0.5) is 0 Å². The van der Waals surface area contributed by atoms with E-state index in [1.165, 1.54) is 0 Å². The summed E-state index contributed by atoms with van der Waals surface area (Å²) in [6.45, 7) is 1.78. The lowest BCUT2D eigenvalue weighted by atomic mass is 10.1. The molecular formula is C16H13N3O. The van der Waals surface area contributed by atoms with Crippen LogP contribution in [0.5, 0.6) is 0 Å². The molecule has 0 saturated heterocycles. The van der Waals surface area contributed by atoms with E-state index in [0.717, 1.165) is 11.1 Å². The topological polar surface area (TPSA) is 58.6 Å². The molecular weight excluding hydrogens is 250 g/mol. The molecule has 0 spiro atoms. The summed E-state index contributed by atoms with van der Waals surface area (Å²) in [6.07, 6.45) is 3.36. The Hall–Kier alpha value is -2.75. The number of rotatable bonds is 2. The first-order valence-electron chi connectivity index (χ1n) is 6.32. The smallest absolute Gasteiger partial charge is 0.254 e. The average molecular weight is 263 g/mol. The van der Waals surface area contributed by atoms with Crippen LogP contribution in [0.1, 0.15) is 5.56 Å². The molecule has 0 amide bonds. The zero-order valence-electron chi connectivity index (χ0n) is 11.0. The summed E-state index contributed by atoms with van der Waals surface area (Å²) < 4.78 is 0. The summed E-state index contributed by atoms with van der Waals surface area (Å²) >= 11 is 0. The molecule has 4 nitrogen and oxygen atoms in total. The van der Waals surface area contributed by atoms with Crippen molar-refractivity contribution in [2.24, 2.45) is 0 Å². The van der Waals surface area contributed by atoms with E-state index in [-0.39, 0.29) is 5.56 Å². The van der Waals surface area contributed by atoms with Crippen molar-refractivity contribution in [2.45, 2.75) is 6.92 Å². The van der Waals surface area contributed by atoms with Crippen molar-refractivity contribution in [2.75, 3.05) is 0 Å². The molecule has 2 aromatic heterocycles. The third kappa shape index (κ3) is 2.23. The molecule has 0 aliphatic rings. The molecule has 0 aliphatic heterocycles. The Balaban J connectivity index is 2.22. The monoisotopic (exact) mass is 263 g/mol. The number of pyridine rings is 1. The van der Waals surface area contributed by atoms with Crippen molar-refractivity contribution in [3.63, 3.8) is 0 Å². The summed E-state index contributed by atoms with van der Waals surface area (Å²) in [4.78, 5) is 23.5. The summed E-state index contributed by atoms with van der Waals surface area (Å²) in [5, 5.41) is 0. The Morgan fingerprint density at radius 2 is 1.65 bits per heavy atom. The van der Waals surface area contributed by atoms with Gasteiger partial charge in [0.05, 0.1) is 5.69 Å². The van der Waals surface area contributed by atoms with E-state index in [2.05, 4.69) is 15.0 Å². The third-order valence-corrected chi connectivity index (χ3v) is 3.15. The number of benzene rings is 1. The van der Waals surface area contributed by atoms with Gasteiger partial charge in [0.2, 0.25) is 0 Å². The summed E-state index contributed by atoms with van der Waals surface area (Å²) in [6, 6.07) is 13.4. The molecule has 0 bridgehead atoms. The molecule has 98 valence electrons. The van der Waals surface area contributed by atoms with Crippen molar-refractivity contribution in [3.8, 4) is 22.6 Å². The van der Waals surface area contributed by atoms with E-state index >= 15 is 0 Å². The van der Waals surface area contributed by atoms with Gasteiger partial charge in [0.1, 0.15) is 5.82 Å². The summed E-state index contributed by atoms with van der Waals surface area (Å²) in [5.41, 5.74) is 2.99. The van der Waals surface area contributed by atoms with Gasteiger partial charge in [-0.25, -0.2) is 4.98 Å². The Bertz CT molecular complexity index is 780. The van der Waals surface area contributed by atoms with E-state index in [1.807, 2.05) is 42.5 Å². The van der Waals surface area contributed by atoms with Gasteiger partial charge in [0.15, 0.2) is 0 Å².